The quantitative estimate of drug-likeness (QED) is 0.818. The third-order valence-electron chi connectivity index (χ3n) is 3.64. The van der Waals surface area contributed by atoms with Gasteiger partial charge in [-0.1, -0.05) is 30.3 Å². The Labute approximate surface area is 126 Å². The first-order valence-electron chi connectivity index (χ1n) is 7.32. The lowest BCUT2D eigenvalue weighted by Gasteiger charge is -2.15. The molecule has 0 aliphatic rings. The number of phenols is 1. The molecule has 0 aliphatic carbocycles. The number of aryl methyl sites for hydroxylation is 1. The van der Waals surface area contributed by atoms with E-state index in [0.717, 1.165) is 25.1 Å². The molecule has 21 heavy (non-hydrogen) atoms. The largest absolute Gasteiger partial charge is 0.508 e. The summed E-state index contributed by atoms with van der Waals surface area (Å²) in [6.45, 7) is 3.00. The number of methoxy groups -OCH3 is 1. The number of aromatic hydroxyl groups is 1. The van der Waals surface area contributed by atoms with Crippen molar-refractivity contribution in [1.82, 2.24) is 5.32 Å². The van der Waals surface area contributed by atoms with Crippen molar-refractivity contribution in [3.63, 3.8) is 0 Å². The summed E-state index contributed by atoms with van der Waals surface area (Å²) in [6, 6.07) is 15.9. The smallest absolute Gasteiger partial charge is 0.123 e. The normalized spacial score (nSPS) is 12.1. The molecular weight excluding hydrogens is 262 g/mol. The lowest BCUT2D eigenvalue weighted by Crippen LogP contribution is -2.26. The molecule has 0 heterocycles. The zero-order valence-corrected chi connectivity index (χ0v) is 12.7. The second-order valence-corrected chi connectivity index (χ2v) is 5.30. The van der Waals surface area contributed by atoms with Crippen molar-refractivity contribution >= 4 is 0 Å². The van der Waals surface area contributed by atoms with Crippen LogP contribution >= 0.6 is 0 Å². The molecule has 0 saturated heterocycles. The average Bonchev–Trinajstić information content (AvgIpc) is 2.52. The second kappa shape index (κ2) is 7.70. The van der Waals surface area contributed by atoms with E-state index in [9.17, 15) is 5.11 Å². The van der Waals surface area contributed by atoms with Gasteiger partial charge >= 0.3 is 0 Å². The number of hydrogen-bond acceptors (Lipinski definition) is 3. The summed E-state index contributed by atoms with van der Waals surface area (Å²) in [5.41, 5.74) is 2.43. The van der Waals surface area contributed by atoms with Crippen molar-refractivity contribution in [2.45, 2.75) is 32.4 Å². The van der Waals surface area contributed by atoms with Crippen LogP contribution in [0.3, 0.4) is 0 Å². The van der Waals surface area contributed by atoms with Crippen LogP contribution in [0.4, 0.5) is 0 Å². The topological polar surface area (TPSA) is 41.5 Å². The van der Waals surface area contributed by atoms with E-state index >= 15 is 0 Å². The van der Waals surface area contributed by atoms with Crippen LogP contribution in [0, 0.1) is 0 Å². The van der Waals surface area contributed by atoms with E-state index in [1.165, 1.54) is 11.1 Å². The molecule has 112 valence electrons. The van der Waals surface area contributed by atoms with E-state index in [0.29, 0.717) is 11.8 Å². The summed E-state index contributed by atoms with van der Waals surface area (Å²) in [5.74, 6) is 1.25. The molecule has 3 heteroatoms. The van der Waals surface area contributed by atoms with Crippen molar-refractivity contribution < 1.29 is 9.84 Å². The number of phenolic OH excluding ortho intramolecular Hbond substituents is 1. The van der Waals surface area contributed by atoms with Gasteiger partial charge in [-0.3, -0.25) is 0 Å². The maximum Gasteiger partial charge on any atom is 0.123 e. The first kappa shape index (κ1) is 15.4. The Morgan fingerprint density at radius 1 is 1.10 bits per heavy atom. The summed E-state index contributed by atoms with van der Waals surface area (Å²) in [6.07, 6.45) is 2.06. The zero-order valence-electron chi connectivity index (χ0n) is 12.7. The summed E-state index contributed by atoms with van der Waals surface area (Å²) in [7, 11) is 1.70. The summed E-state index contributed by atoms with van der Waals surface area (Å²) >= 11 is 0. The minimum atomic E-state index is 0.320. The Kier molecular flexibility index (Phi) is 5.64. The molecule has 2 aromatic rings. The summed E-state index contributed by atoms with van der Waals surface area (Å²) in [5, 5.41) is 12.8. The molecule has 1 unspecified atom stereocenters. The van der Waals surface area contributed by atoms with Crippen molar-refractivity contribution in [1.29, 1.82) is 0 Å². The highest BCUT2D eigenvalue weighted by Gasteiger charge is 2.05. The number of hydrogen-bond donors (Lipinski definition) is 2. The second-order valence-electron chi connectivity index (χ2n) is 5.30. The van der Waals surface area contributed by atoms with Crippen LogP contribution < -0.4 is 10.1 Å². The van der Waals surface area contributed by atoms with Crippen molar-refractivity contribution in [3.8, 4) is 11.5 Å². The maximum atomic E-state index is 9.27. The van der Waals surface area contributed by atoms with Crippen LogP contribution in [-0.4, -0.2) is 18.3 Å². The van der Waals surface area contributed by atoms with Gasteiger partial charge in [0.05, 0.1) is 7.11 Å². The van der Waals surface area contributed by atoms with E-state index < -0.39 is 0 Å². The van der Waals surface area contributed by atoms with Gasteiger partial charge in [-0.2, -0.15) is 0 Å². The highest BCUT2D eigenvalue weighted by atomic mass is 16.5. The minimum Gasteiger partial charge on any atom is -0.508 e. The van der Waals surface area contributed by atoms with E-state index in [1.807, 2.05) is 30.3 Å². The van der Waals surface area contributed by atoms with E-state index in [2.05, 4.69) is 18.3 Å². The van der Waals surface area contributed by atoms with Gasteiger partial charge in [0.1, 0.15) is 11.5 Å². The number of rotatable bonds is 7. The van der Waals surface area contributed by atoms with Gasteiger partial charge in [0.25, 0.3) is 0 Å². The molecule has 0 radical (unpaired) electrons. The highest BCUT2D eigenvalue weighted by Crippen LogP contribution is 2.17. The summed E-state index contributed by atoms with van der Waals surface area (Å²) < 4.78 is 5.35. The third kappa shape index (κ3) is 4.80. The lowest BCUT2D eigenvalue weighted by molar-refractivity contribution is 0.405. The lowest BCUT2D eigenvalue weighted by atomic mass is 10.1. The standard InChI is InChI=1S/C18H23NO2/c1-14(7-8-15-9-11-17(20)12-10-15)19-13-16-5-3-4-6-18(16)21-2/h3-6,9-12,14,19-20H,7-8,13H2,1-2H3. The molecular formula is C18H23NO2. The molecule has 2 rings (SSSR count). The molecule has 0 aromatic heterocycles. The van der Waals surface area contributed by atoms with Crippen LogP contribution in [0.2, 0.25) is 0 Å². The van der Waals surface area contributed by atoms with Crippen LogP contribution in [0.5, 0.6) is 11.5 Å². The Morgan fingerprint density at radius 3 is 2.52 bits per heavy atom. The van der Waals surface area contributed by atoms with Crippen LogP contribution in [0.15, 0.2) is 48.5 Å². The molecule has 2 N–H and O–H groups in total. The van der Waals surface area contributed by atoms with E-state index in [4.69, 9.17) is 4.74 Å². The predicted molar refractivity (Wildman–Crippen MR) is 85.7 cm³/mol. The molecule has 3 nitrogen and oxygen atoms in total. The first-order valence-corrected chi connectivity index (χ1v) is 7.32. The van der Waals surface area contributed by atoms with Gasteiger partial charge in [-0.25, -0.2) is 0 Å². The monoisotopic (exact) mass is 285 g/mol. The van der Waals surface area contributed by atoms with Crippen LogP contribution in [0.25, 0.3) is 0 Å². The first-order chi connectivity index (χ1) is 10.2. The van der Waals surface area contributed by atoms with E-state index in [-0.39, 0.29) is 0 Å². The van der Waals surface area contributed by atoms with E-state index in [1.54, 1.807) is 19.2 Å². The van der Waals surface area contributed by atoms with Crippen molar-refractivity contribution in [2.75, 3.05) is 7.11 Å². The van der Waals surface area contributed by atoms with Gasteiger partial charge < -0.3 is 15.2 Å². The maximum absolute atomic E-state index is 9.27. The number of para-hydroxylation sites is 1. The number of benzene rings is 2. The number of ether oxygens (including phenoxy) is 1. The molecule has 0 bridgehead atoms. The molecule has 0 amide bonds. The number of nitrogens with one attached hydrogen (secondary N) is 1. The fourth-order valence-electron chi connectivity index (χ4n) is 2.28. The molecule has 0 fully saturated rings. The molecule has 0 aliphatic heterocycles. The van der Waals surface area contributed by atoms with Crippen molar-refractivity contribution in [2.24, 2.45) is 0 Å². The predicted octanol–water partition coefficient (Wildman–Crippen LogP) is 3.51. The highest BCUT2D eigenvalue weighted by molar-refractivity contribution is 5.33. The summed E-state index contributed by atoms with van der Waals surface area (Å²) in [4.78, 5) is 0. The third-order valence-corrected chi connectivity index (χ3v) is 3.64. The Balaban J connectivity index is 1.79. The Hall–Kier alpha value is -2.00. The van der Waals surface area contributed by atoms with Gasteiger partial charge in [0.2, 0.25) is 0 Å². The van der Waals surface area contributed by atoms with Gasteiger partial charge in [0, 0.05) is 18.2 Å². The fourth-order valence-corrected chi connectivity index (χ4v) is 2.28. The molecule has 2 aromatic carbocycles. The molecule has 0 spiro atoms. The van der Waals surface area contributed by atoms with Gasteiger partial charge in [-0.05, 0) is 43.5 Å². The van der Waals surface area contributed by atoms with Crippen LogP contribution in [-0.2, 0) is 13.0 Å². The minimum absolute atomic E-state index is 0.320. The average molecular weight is 285 g/mol. The Bertz CT molecular complexity index is 551. The van der Waals surface area contributed by atoms with Crippen LogP contribution in [0.1, 0.15) is 24.5 Å². The van der Waals surface area contributed by atoms with Crippen molar-refractivity contribution in [3.05, 3.63) is 59.7 Å². The van der Waals surface area contributed by atoms with Gasteiger partial charge in [-0.15, -0.1) is 0 Å². The molecule has 0 saturated carbocycles. The molecule has 1 atom stereocenters. The zero-order chi connectivity index (χ0) is 15.1. The SMILES string of the molecule is COc1ccccc1CNC(C)CCc1ccc(O)cc1. The fraction of sp³-hybridized carbons (Fsp3) is 0.333. The van der Waals surface area contributed by atoms with Gasteiger partial charge in [0.15, 0.2) is 0 Å². The Morgan fingerprint density at radius 2 is 1.81 bits per heavy atom.